The third-order valence-corrected chi connectivity index (χ3v) is 14.3. The first-order valence-electron chi connectivity index (χ1n) is 25.1. The molecule has 0 amide bonds. The molecule has 0 unspecified atom stereocenters. The smallest absolute Gasteiger partial charge is 0.0489 e. The Morgan fingerprint density at radius 3 is 1.00 bits per heavy atom. The highest BCUT2D eigenvalue weighted by atomic mass is 14.9. The monoisotopic (exact) mass is 823 g/mol. The predicted octanol–water partition coefficient (Wildman–Crippen LogP) is 18.4. The summed E-state index contributed by atoms with van der Waals surface area (Å²) in [6, 6.07) is 42.6. The molecule has 0 bridgehead atoms. The normalized spacial score (nSPS) is 12.0. The molecule has 324 valence electrons. The van der Waals surface area contributed by atoms with Crippen molar-refractivity contribution >= 4 is 54.1 Å². The highest BCUT2D eigenvalue weighted by Crippen LogP contribution is 2.38. The summed E-state index contributed by atoms with van der Waals surface area (Å²) < 4.78 is 4.79. The van der Waals surface area contributed by atoms with Crippen LogP contribution in [0.1, 0.15) is 153 Å². The van der Waals surface area contributed by atoms with E-state index in [1.807, 2.05) is 0 Å². The van der Waals surface area contributed by atoms with Crippen LogP contribution in [0.25, 0.3) is 76.6 Å². The van der Waals surface area contributed by atoms with Gasteiger partial charge in [0.2, 0.25) is 0 Å². The van der Waals surface area contributed by atoms with Crippen LogP contribution in [0.5, 0.6) is 0 Å². The fourth-order valence-electron chi connectivity index (χ4n) is 10.4. The molecule has 2 aromatic heterocycles. The van der Waals surface area contributed by atoms with Gasteiger partial charge < -0.3 is 9.13 Å². The van der Waals surface area contributed by atoms with Crippen LogP contribution in [0.15, 0.2) is 109 Å². The fraction of sp³-hybridized carbons (Fsp3) is 0.433. The van der Waals surface area contributed by atoms with Crippen molar-refractivity contribution in [3.63, 3.8) is 0 Å². The molecular weight excluding hydrogens is 749 g/mol. The molecule has 0 aliphatic heterocycles. The molecule has 8 aromatic rings. The lowest BCUT2D eigenvalue weighted by Crippen LogP contribution is -1.93. The Kier molecular flexibility index (Phi) is 15.2. The van der Waals surface area contributed by atoms with Gasteiger partial charge in [0.05, 0.1) is 0 Å². The molecule has 0 aliphatic carbocycles. The van der Waals surface area contributed by atoms with Crippen LogP contribution in [0.4, 0.5) is 0 Å². The molecule has 0 saturated carbocycles. The molecule has 62 heavy (non-hydrogen) atoms. The number of benzene rings is 6. The molecule has 8 rings (SSSR count). The van der Waals surface area contributed by atoms with Crippen LogP contribution in [0.2, 0.25) is 0 Å². The van der Waals surface area contributed by atoms with Crippen molar-refractivity contribution in [3.05, 3.63) is 120 Å². The van der Waals surface area contributed by atoms with Crippen LogP contribution in [0.3, 0.4) is 0 Å². The Bertz CT molecular complexity index is 2480. The highest BCUT2D eigenvalue weighted by Gasteiger charge is 2.15. The van der Waals surface area contributed by atoms with Crippen LogP contribution in [-0.4, -0.2) is 9.13 Å². The van der Waals surface area contributed by atoms with E-state index in [1.165, 1.54) is 229 Å². The minimum Gasteiger partial charge on any atom is -0.344 e. The van der Waals surface area contributed by atoms with Crippen molar-refractivity contribution in [1.82, 2.24) is 9.13 Å². The van der Waals surface area contributed by atoms with E-state index < -0.39 is 0 Å². The maximum Gasteiger partial charge on any atom is 0.0489 e. The fourth-order valence-corrected chi connectivity index (χ4v) is 10.4. The molecule has 0 spiro atoms. The first kappa shape index (κ1) is 43.8. The quantitative estimate of drug-likeness (QED) is 0.0424. The lowest BCUT2D eigenvalue weighted by molar-refractivity contribution is 0.556. The molecule has 6 aromatic carbocycles. The summed E-state index contributed by atoms with van der Waals surface area (Å²) in [6.07, 6.45) is 30.1. The maximum atomic E-state index is 2.43. The predicted molar refractivity (Wildman–Crippen MR) is 274 cm³/mol. The average Bonchev–Trinajstić information content (AvgIpc) is 3.80. The number of nitrogens with zero attached hydrogens (tertiary/aromatic N) is 2. The molecule has 0 radical (unpaired) electrons. The molecule has 2 nitrogen and oxygen atoms in total. The summed E-state index contributed by atoms with van der Waals surface area (Å²) in [5.41, 5.74) is 10.6. The number of hydrogen-bond acceptors (Lipinski definition) is 0. The summed E-state index contributed by atoms with van der Waals surface area (Å²) in [4.78, 5) is 0. The Morgan fingerprint density at radius 2 is 0.645 bits per heavy atom. The van der Waals surface area contributed by atoms with E-state index in [2.05, 4.69) is 146 Å². The van der Waals surface area contributed by atoms with Crippen molar-refractivity contribution in [2.45, 2.75) is 155 Å². The van der Waals surface area contributed by atoms with Crippen molar-refractivity contribution in [3.8, 4) is 22.5 Å². The zero-order valence-corrected chi connectivity index (χ0v) is 38.8. The van der Waals surface area contributed by atoms with Gasteiger partial charge in [-0.3, -0.25) is 0 Å². The minimum absolute atomic E-state index is 1.18. The Hall–Kier alpha value is -4.82. The van der Waals surface area contributed by atoms with Gasteiger partial charge >= 0.3 is 0 Å². The van der Waals surface area contributed by atoms with Crippen LogP contribution < -0.4 is 0 Å². The van der Waals surface area contributed by atoms with Crippen molar-refractivity contribution in [2.24, 2.45) is 14.1 Å². The van der Waals surface area contributed by atoms with E-state index in [0.717, 1.165) is 0 Å². The first-order valence-corrected chi connectivity index (χ1v) is 25.1. The van der Waals surface area contributed by atoms with E-state index in [9.17, 15) is 0 Å². The molecule has 0 atom stereocenters. The average molecular weight is 823 g/mol. The van der Waals surface area contributed by atoms with Gasteiger partial charge in [0.15, 0.2) is 0 Å². The largest absolute Gasteiger partial charge is 0.344 e. The summed E-state index contributed by atoms with van der Waals surface area (Å²) in [7, 11) is 4.47. The van der Waals surface area contributed by atoms with E-state index >= 15 is 0 Å². The van der Waals surface area contributed by atoms with Crippen LogP contribution in [-0.2, 0) is 26.9 Å². The van der Waals surface area contributed by atoms with Gasteiger partial charge in [-0.15, -0.1) is 0 Å². The number of aromatic nitrogens is 2. The highest BCUT2D eigenvalue weighted by molar-refractivity contribution is 6.21. The summed E-state index contributed by atoms with van der Waals surface area (Å²) in [5, 5.41) is 10.5. The zero-order valence-electron chi connectivity index (χ0n) is 38.8. The lowest BCUT2D eigenvalue weighted by atomic mass is 9.95. The molecule has 2 heteroatoms. The molecular formula is C60H74N2. The van der Waals surface area contributed by atoms with Crippen molar-refractivity contribution in [2.75, 3.05) is 0 Å². The van der Waals surface area contributed by atoms with E-state index in [4.69, 9.17) is 0 Å². The third kappa shape index (κ3) is 10.3. The lowest BCUT2D eigenvalue weighted by Gasteiger charge is -2.10. The summed E-state index contributed by atoms with van der Waals surface area (Å²) >= 11 is 0. The van der Waals surface area contributed by atoms with Gasteiger partial charge in [-0.1, -0.05) is 202 Å². The molecule has 2 heterocycles. The SMILES string of the molecule is CCCCCCCCCCCCc1ccc(-c2cc3cc4ccc5c6cc7c(cc(-c8ccc(CCCCCCCCCCCC)cc8)n7C)cc6ccc5c4cc3n2C)cc1. The topological polar surface area (TPSA) is 9.86 Å². The molecule has 0 fully saturated rings. The number of fused-ring (bicyclic) bond motifs is 7. The van der Waals surface area contributed by atoms with E-state index in [1.54, 1.807) is 0 Å². The van der Waals surface area contributed by atoms with Gasteiger partial charge in [-0.2, -0.15) is 0 Å². The number of aryl methyl sites for hydroxylation is 4. The molecule has 0 aliphatic rings. The second kappa shape index (κ2) is 21.5. The number of rotatable bonds is 24. The third-order valence-electron chi connectivity index (χ3n) is 14.3. The Labute approximate surface area is 373 Å². The van der Waals surface area contributed by atoms with Gasteiger partial charge in [0, 0.05) is 47.3 Å². The summed E-state index contributed by atoms with van der Waals surface area (Å²) in [6.45, 7) is 4.60. The Balaban J connectivity index is 0.935. The number of hydrogen-bond donors (Lipinski definition) is 0. The standard InChI is InChI=1S/C60H74N2/c1-5-7-9-11-13-15-17-19-21-23-25-45-27-31-47(32-28-45)57-41-51-39-49-35-37-54-53(55(49)43-59(51)61(57)3)38-36-50-40-52-42-58(62(4)60(52)44-56(50)54)48-33-29-46(30-34-48)26-24-22-20-18-16-14-12-10-8-6-2/h27-44H,5-26H2,1-4H3. The van der Waals surface area contributed by atoms with Gasteiger partial charge in [-0.05, 0) is 117 Å². The second-order valence-corrected chi connectivity index (χ2v) is 18.9. The van der Waals surface area contributed by atoms with Gasteiger partial charge in [0.1, 0.15) is 0 Å². The first-order chi connectivity index (χ1) is 30.5. The maximum absolute atomic E-state index is 2.43. The Morgan fingerprint density at radius 1 is 0.306 bits per heavy atom. The molecule has 0 N–H and O–H groups in total. The van der Waals surface area contributed by atoms with Crippen molar-refractivity contribution < 1.29 is 0 Å². The van der Waals surface area contributed by atoms with E-state index in [0.29, 0.717) is 0 Å². The van der Waals surface area contributed by atoms with E-state index in [-0.39, 0.29) is 0 Å². The summed E-state index contributed by atoms with van der Waals surface area (Å²) in [5.74, 6) is 0. The van der Waals surface area contributed by atoms with Crippen LogP contribution in [0, 0.1) is 0 Å². The second-order valence-electron chi connectivity index (χ2n) is 18.9. The van der Waals surface area contributed by atoms with Crippen LogP contribution >= 0.6 is 0 Å². The molecule has 0 saturated heterocycles. The van der Waals surface area contributed by atoms with Gasteiger partial charge in [0.25, 0.3) is 0 Å². The van der Waals surface area contributed by atoms with Gasteiger partial charge in [-0.25, -0.2) is 0 Å². The zero-order chi connectivity index (χ0) is 42.7. The van der Waals surface area contributed by atoms with Crippen molar-refractivity contribution in [1.29, 1.82) is 0 Å². The number of unbranched alkanes of at least 4 members (excludes halogenated alkanes) is 18. The minimum atomic E-state index is 1.18.